The molecule has 1 aliphatic heterocycles. The molecule has 4 rings (SSSR count). The van der Waals surface area contributed by atoms with Gasteiger partial charge in [0.1, 0.15) is 0 Å². The molecule has 0 bridgehead atoms. The molecular weight excluding hydrogens is 462 g/mol. The fraction of sp³-hybridized carbons (Fsp3) is 0.259. The highest BCUT2D eigenvalue weighted by molar-refractivity contribution is 7.89. The van der Waals surface area contributed by atoms with Gasteiger partial charge in [-0.05, 0) is 73.7 Å². The van der Waals surface area contributed by atoms with Gasteiger partial charge in [0.25, 0.3) is 11.8 Å². The van der Waals surface area contributed by atoms with E-state index in [4.69, 9.17) is 0 Å². The van der Waals surface area contributed by atoms with Gasteiger partial charge in [-0.3, -0.25) is 9.59 Å². The van der Waals surface area contributed by atoms with Crippen molar-refractivity contribution < 1.29 is 18.0 Å². The maximum atomic E-state index is 13.1. The van der Waals surface area contributed by atoms with Crippen molar-refractivity contribution in [2.24, 2.45) is 5.92 Å². The monoisotopic (exact) mass is 491 g/mol. The lowest BCUT2D eigenvalue weighted by atomic mass is 10.0. The van der Waals surface area contributed by atoms with E-state index in [-0.39, 0.29) is 16.4 Å². The van der Waals surface area contributed by atoms with Gasteiger partial charge in [0, 0.05) is 24.3 Å². The van der Waals surface area contributed by atoms with Gasteiger partial charge < -0.3 is 10.6 Å². The van der Waals surface area contributed by atoms with E-state index in [1.165, 1.54) is 16.4 Å². The third-order valence-electron chi connectivity index (χ3n) is 6.17. The van der Waals surface area contributed by atoms with Crippen molar-refractivity contribution in [1.82, 2.24) is 4.31 Å². The van der Waals surface area contributed by atoms with Crippen LogP contribution in [0.1, 0.15) is 46.0 Å². The van der Waals surface area contributed by atoms with Gasteiger partial charge in [-0.15, -0.1) is 0 Å². The zero-order chi connectivity index (χ0) is 25.0. The van der Waals surface area contributed by atoms with Crippen molar-refractivity contribution in [3.63, 3.8) is 0 Å². The topological polar surface area (TPSA) is 95.6 Å². The second-order valence-electron chi connectivity index (χ2n) is 8.94. The Morgan fingerprint density at radius 3 is 2.31 bits per heavy atom. The molecule has 2 N–H and O–H groups in total. The molecule has 35 heavy (non-hydrogen) atoms. The van der Waals surface area contributed by atoms with Crippen LogP contribution in [-0.2, 0) is 10.0 Å². The van der Waals surface area contributed by atoms with Gasteiger partial charge in [0.2, 0.25) is 10.0 Å². The summed E-state index contributed by atoms with van der Waals surface area (Å²) in [7, 11) is -3.68. The van der Waals surface area contributed by atoms with Crippen molar-refractivity contribution in [1.29, 1.82) is 0 Å². The minimum Gasteiger partial charge on any atom is -0.322 e. The number of sulfonamides is 1. The molecule has 1 aliphatic rings. The van der Waals surface area contributed by atoms with Crippen LogP contribution in [-0.4, -0.2) is 37.6 Å². The van der Waals surface area contributed by atoms with E-state index in [9.17, 15) is 18.0 Å². The van der Waals surface area contributed by atoms with Crippen molar-refractivity contribution in [3.05, 3.63) is 89.5 Å². The first-order valence-corrected chi connectivity index (χ1v) is 13.1. The number of hydrogen-bond donors (Lipinski definition) is 2. The molecule has 0 aromatic heterocycles. The SMILES string of the molecule is Cc1cccc(NC(=O)c2ccccc2NC(=O)c2cccc(S(=O)(=O)N3CCC(C)CC3)c2)c1. The lowest BCUT2D eigenvalue weighted by molar-refractivity contribution is 0.102. The number of nitrogens with one attached hydrogen (secondary N) is 2. The number of aryl methyl sites for hydroxylation is 1. The molecule has 3 aromatic rings. The van der Waals surface area contributed by atoms with Crippen LogP contribution >= 0.6 is 0 Å². The summed E-state index contributed by atoms with van der Waals surface area (Å²) in [6, 6.07) is 20.1. The summed E-state index contributed by atoms with van der Waals surface area (Å²) in [5, 5.41) is 5.61. The predicted molar refractivity (Wildman–Crippen MR) is 137 cm³/mol. The molecule has 1 heterocycles. The molecule has 0 radical (unpaired) electrons. The first-order valence-electron chi connectivity index (χ1n) is 11.6. The lowest BCUT2D eigenvalue weighted by Crippen LogP contribution is -2.37. The molecular formula is C27H29N3O4S. The average Bonchev–Trinajstić information content (AvgIpc) is 2.84. The molecule has 0 atom stereocenters. The van der Waals surface area contributed by atoms with Crippen molar-refractivity contribution in [3.8, 4) is 0 Å². The highest BCUT2D eigenvalue weighted by atomic mass is 32.2. The quantitative estimate of drug-likeness (QED) is 0.512. The van der Waals surface area contributed by atoms with Crippen LogP contribution < -0.4 is 10.6 Å². The van der Waals surface area contributed by atoms with E-state index in [1.54, 1.807) is 42.5 Å². The number of rotatable bonds is 6. The Kier molecular flexibility index (Phi) is 7.33. The maximum absolute atomic E-state index is 13.1. The van der Waals surface area contributed by atoms with Gasteiger partial charge in [0.15, 0.2) is 0 Å². The van der Waals surface area contributed by atoms with Crippen LogP contribution in [0, 0.1) is 12.8 Å². The Balaban J connectivity index is 1.52. The molecule has 182 valence electrons. The Labute approximate surface area is 206 Å². The number of anilines is 2. The molecule has 1 saturated heterocycles. The number of carbonyl (C=O) groups excluding carboxylic acids is 2. The van der Waals surface area contributed by atoms with Crippen LogP contribution in [0.5, 0.6) is 0 Å². The second kappa shape index (κ2) is 10.4. The van der Waals surface area contributed by atoms with Gasteiger partial charge in [-0.1, -0.05) is 37.3 Å². The van der Waals surface area contributed by atoms with Crippen LogP contribution in [0.2, 0.25) is 0 Å². The number of para-hydroxylation sites is 1. The zero-order valence-electron chi connectivity index (χ0n) is 19.8. The summed E-state index contributed by atoms with van der Waals surface area (Å²) < 4.78 is 27.7. The first-order chi connectivity index (χ1) is 16.7. The maximum Gasteiger partial charge on any atom is 0.257 e. The minimum atomic E-state index is -3.68. The lowest BCUT2D eigenvalue weighted by Gasteiger charge is -2.29. The van der Waals surface area contributed by atoms with Crippen LogP contribution in [0.15, 0.2) is 77.7 Å². The normalized spacial score (nSPS) is 14.9. The fourth-order valence-electron chi connectivity index (χ4n) is 4.08. The molecule has 3 aromatic carbocycles. The van der Waals surface area contributed by atoms with E-state index >= 15 is 0 Å². The first kappa shape index (κ1) is 24.6. The second-order valence-corrected chi connectivity index (χ2v) is 10.9. The van der Waals surface area contributed by atoms with Crippen LogP contribution in [0.4, 0.5) is 11.4 Å². The number of hydrogen-bond acceptors (Lipinski definition) is 4. The van der Waals surface area contributed by atoms with E-state index in [0.717, 1.165) is 18.4 Å². The number of carbonyl (C=O) groups is 2. The van der Waals surface area contributed by atoms with Crippen molar-refractivity contribution >= 4 is 33.2 Å². The smallest absolute Gasteiger partial charge is 0.257 e. The third kappa shape index (κ3) is 5.78. The summed E-state index contributed by atoms with van der Waals surface area (Å²) in [5.74, 6) is -0.353. The van der Waals surface area contributed by atoms with Crippen molar-refractivity contribution in [2.45, 2.75) is 31.6 Å². The summed E-state index contributed by atoms with van der Waals surface area (Å²) >= 11 is 0. The molecule has 2 amide bonds. The van der Waals surface area contributed by atoms with E-state index in [2.05, 4.69) is 17.6 Å². The van der Waals surface area contributed by atoms with E-state index < -0.39 is 15.9 Å². The summed E-state index contributed by atoms with van der Waals surface area (Å²) in [6.07, 6.45) is 1.64. The molecule has 7 nitrogen and oxygen atoms in total. The Hall–Kier alpha value is -3.49. The van der Waals surface area contributed by atoms with Gasteiger partial charge in [-0.25, -0.2) is 8.42 Å². The van der Waals surface area contributed by atoms with Crippen LogP contribution in [0.25, 0.3) is 0 Å². The zero-order valence-corrected chi connectivity index (χ0v) is 20.6. The van der Waals surface area contributed by atoms with Crippen molar-refractivity contribution in [2.75, 3.05) is 23.7 Å². The highest BCUT2D eigenvalue weighted by Crippen LogP contribution is 2.25. The van der Waals surface area contributed by atoms with E-state index in [1.807, 2.05) is 25.1 Å². The average molecular weight is 492 g/mol. The number of piperidine rings is 1. The minimum absolute atomic E-state index is 0.0881. The molecule has 1 fully saturated rings. The predicted octanol–water partition coefficient (Wildman–Crippen LogP) is 4.92. The van der Waals surface area contributed by atoms with Gasteiger partial charge >= 0.3 is 0 Å². The number of amides is 2. The Bertz CT molecular complexity index is 1350. The summed E-state index contributed by atoms with van der Waals surface area (Å²) in [5.41, 5.74) is 2.50. The number of nitrogens with zero attached hydrogens (tertiary/aromatic N) is 1. The number of benzene rings is 3. The molecule has 0 spiro atoms. The standard InChI is InChI=1S/C27H29N3O4S/c1-19-13-15-30(16-14-19)35(33,34)23-10-6-8-21(18-23)26(31)29-25-12-4-3-11-24(25)27(32)28-22-9-5-7-20(2)17-22/h3-12,17-19H,13-16H2,1-2H3,(H,28,32)(H,29,31). The third-order valence-corrected chi connectivity index (χ3v) is 8.07. The molecule has 0 saturated carbocycles. The largest absolute Gasteiger partial charge is 0.322 e. The molecule has 8 heteroatoms. The Morgan fingerprint density at radius 2 is 1.57 bits per heavy atom. The molecule has 0 unspecified atom stereocenters. The van der Waals surface area contributed by atoms with Gasteiger partial charge in [0.05, 0.1) is 16.1 Å². The summed E-state index contributed by atoms with van der Waals surface area (Å²) in [6.45, 7) is 5.00. The molecule has 0 aliphatic carbocycles. The highest BCUT2D eigenvalue weighted by Gasteiger charge is 2.28. The van der Waals surface area contributed by atoms with E-state index in [0.29, 0.717) is 35.9 Å². The Morgan fingerprint density at radius 1 is 0.857 bits per heavy atom. The summed E-state index contributed by atoms with van der Waals surface area (Å²) in [4.78, 5) is 26.0. The van der Waals surface area contributed by atoms with Gasteiger partial charge in [-0.2, -0.15) is 4.31 Å². The fourth-order valence-corrected chi connectivity index (χ4v) is 5.59. The van der Waals surface area contributed by atoms with Crippen LogP contribution in [0.3, 0.4) is 0 Å².